The minimum Gasteiger partial charge on any atom is -0.399 e. The minimum atomic E-state index is -4.98. The molecule has 4 N–H and O–H groups in total. The van der Waals surface area contributed by atoms with E-state index in [-0.39, 0.29) is 5.69 Å². The molecule has 108 valence electrons. The number of rotatable bonds is 4. The van der Waals surface area contributed by atoms with Gasteiger partial charge >= 0.3 is 6.18 Å². The van der Waals surface area contributed by atoms with Crippen molar-refractivity contribution < 1.29 is 31.1 Å². The molecule has 0 aliphatic heterocycles. The van der Waals surface area contributed by atoms with Crippen LogP contribution >= 0.6 is 0 Å². The van der Waals surface area contributed by atoms with E-state index in [1.165, 1.54) is 4.72 Å². The molecule has 19 heavy (non-hydrogen) atoms. The quantitative estimate of drug-likeness (QED) is 0.561. The van der Waals surface area contributed by atoms with Crippen LogP contribution in [-0.2, 0) is 10.0 Å². The third-order valence-electron chi connectivity index (χ3n) is 2.09. The second-order valence-electron chi connectivity index (χ2n) is 3.60. The number of nitrogen functional groups attached to an aromatic ring is 1. The second-order valence-corrected chi connectivity index (χ2v) is 5.33. The minimum absolute atomic E-state index is 0.0712. The maximum absolute atomic E-state index is 13.3. The predicted molar refractivity (Wildman–Crippen MR) is 58.1 cm³/mol. The van der Waals surface area contributed by atoms with E-state index < -0.39 is 39.6 Å². The van der Waals surface area contributed by atoms with Crippen LogP contribution in [0.2, 0.25) is 0 Å². The van der Waals surface area contributed by atoms with Gasteiger partial charge in [-0.25, -0.2) is 17.5 Å². The van der Waals surface area contributed by atoms with E-state index in [2.05, 4.69) is 0 Å². The average Bonchev–Trinajstić information content (AvgIpc) is 2.28. The fourth-order valence-corrected chi connectivity index (χ4v) is 2.26. The first-order valence-corrected chi connectivity index (χ1v) is 6.32. The van der Waals surface area contributed by atoms with Crippen LogP contribution in [0.15, 0.2) is 23.1 Å². The summed E-state index contributed by atoms with van der Waals surface area (Å²) in [5.74, 6) is -1.16. The number of alkyl halides is 3. The zero-order valence-electron chi connectivity index (χ0n) is 9.28. The molecular weight excluding hydrogens is 292 g/mol. The van der Waals surface area contributed by atoms with E-state index in [4.69, 9.17) is 10.8 Å². The molecule has 0 radical (unpaired) electrons. The lowest BCUT2D eigenvalue weighted by Gasteiger charge is -2.15. The van der Waals surface area contributed by atoms with Gasteiger partial charge in [-0.3, -0.25) is 0 Å². The lowest BCUT2D eigenvalue weighted by molar-refractivity contribution is -0.200. The van der Waals surface area contributed by atoms with Crippen molar-refractivity contribution in [1.29, 1.82) is 0 Å². The number of hydrogen-bond acceptors (Lipinski definition) is 4. The van der Waals surface area contributed by atoms with Gasteiger partial charge in [-0.15, -0.1) is 0 Å². The molecule has 0 fully saturated rings. The topological polar surface area (TPSA) is 92.4 Å². The number of hydrogen-bond donors (Lipinski definition) is 3. The molecule has 5 nitrogen and oxygen atoms in total. The highest BCUT2D eigenvalue weighted by Crippen LogP contribution is 2.21. The normalized spacial score (nSPS) is 14.4. The van der Waals surface area contributed by atoms with Crippen molar-refractivity contribution in [3.8, 4) is 0 Å². The summed E-state index contributed by atoms with van der Waals surface area (Å²) in [4.78, 5) is -0.887. The molecule has 0 saturated carbocycles. The molecule has 1 rings (SSSR count). The van der Waals surface area contributed by atoms with Crippen molar-refractivity contribution in [3.05, 3.63) is 24.0 Å². The standard InChI is InChI=1S/C9H10F4N2O3S/c10-6-2-1-5(14)3-7(6)19(17,18)15-4-8(16)9(11,12)13/h1-3,8,15-16H,4,14H2. The van der Waals surface area contributed by atoms with Gasteiger partial charge in [-0.1, -0.05) is 0 Å². The summed E-state index contributed by atoms with van der Waals surface area (Å²) < 4.78 is 73.8. The summed E-state index contributed by atoms with van der Waals surface area (Å²) >= 11 is 0. The highest BCUT2D eigenvalue weighted by atomic mass is 32.2. The summed E-state index contributed by atoms with van der Waals surface area (Å²) in [5, 5.41) is 8.65. The summed E-state index contributed by atoms with van der Waals surface area (Å²) in [5.41, 5.74) is 5.19. The Balaban J connectivity index is 2.91. The molecule has 0 aromatic heterocycles. The van der Waals surface area contributed by atoms with Gasteiger partial charge in [-0.2, -0.15) is 13.2 Å². The van der Waals surface area contributed by atoms with Gasteiger partial charge < -0.3 is 10.8 Å². The van der Waals surface area contributed by atoms with E-state index in [9.17, 15) is 26.0 Å². The van der Waals surface area contributed by atoms with Crippen molar-refractivity contribution in [1.82, 2.24) is 4.72 Å². The first-order chi connectivity index (χ1) is 8.54. The number of halogens is 4. The molecule has 0 saturated heterocycles. The molecule has 1 aromatic carbocycles. The highest BCUT2D eigenvalue weighted by Gasteiger charge is 2.38. The van der Waals surface area contributed by atoms with E-state index >= 15 is 0 Å². The van der Waals surface area contributed by atoms with Crippen LogP contribution < -0.4 is 10.5 Å². The maximum atomic E-state index is 13.3. The van der Waals surface area contributed by atoms with Gasteiger partial charge in [0.25, 0.3) is 0 Å². The van der Waals surface area contributed by atoms with E-state index in [1.54, 1.807) is 0 Å². The van der Waals surface area contributed by atoms with Gasteiger partial charge in [0.2, 0.25) is 10.0 Å². The lowest BCUT2D eigenvalue weighted by atomic mass is 10.3. The molecule has 1 unspecified atom stereocenters. The monoisotopic (exact) mass is 302 g/mol. The fraction of sp³-hybridized carbons (Fsp3) is 0.333. The summed E-state index contributed by atoms with van der Waals surface area (Å²) in [6.07, 6.45) is -7.86. The van der Waals surface area contributed by atoms with Crippen molar-refractivity contribution in [2.45, 2.75) is 17.2 Å². The Morgan fingerprint density at radius 3 is 2.47 bits per heavy atom. The predicted octanol–water partition coefficient (Wildman–Crippen LogP) is 0.609. The number of nitrogens with one attached hydrogen (secondary N) is 1. The Bertz CT molecular complexity index is 559. The van der Waals surface area contributed by atoms with Crippen molar-refractivity contribution >= 4 is 15.7 Å². The summed E-state index contributed by atoms with van der Waals surface area (Å²) in [6.45, 7) is -1.32. The molecule has 0 amide bonds. The van der Waals surface area contributed by atoms with Crippen LogP contribution in [0.5, 0.6) is 0 Å². The smallest absolute Gasteiger partial charge is 0.399 e. The molecule has 0 aliphatic carbocycles. The zero-order valence-corrected chi connectivity index (χ0v) is 10.1. The van der Waals surface area contributed by atoms with Crippen LogP contribution in [0.1, 0.15) is 0 Å². The molecule has 1 aromatic rings. The first-order valence-electron chi connectivity index (χ1n) is 4.83. The Morgan fingerprint density at radius 1 is 1.37 bits per heavy atom. The molecule has 0 heterocycles. The average molecular weight is 302 g/mol. The SMILES string of the molecule is Nc1ccc(F)c(S(=O)(=O)NCC(O)C(F)(F)F)c1. The molecule has 10 heteroatoms. The van der Waals surface area contributed by atoms with Crippen LogP contribution in [0, 0.1) is 5.82 Å². The molecule has 1 atom stereocenters. The highest BCUT2D eigenvalue weighted by molar-refractivity contribution is 7.89. The summed E-state index contributed by atoms with van der Waals surface area (Å²) in [7, 11) is -4.53. The van der Waals surface area contributed by atoms with Gasteiger partial charge in [-0.05, 0) is 18.2 Å². The third-order valence-corrected chi connectivity index (χ3v) is 3.53. The van der Waals surface area contributed by atoms with E-state index in [0.717, 1.165) is 18.2 Å². The van der Waals surface area contributed by atoms with E-state index in [1.807, 2.05) is 0 Å². The molecule has 0 bridgehead atoms. The molecule has 0 spiro atoms. The first kappa shape index (κ1) is 15.7. The number of aliphatic hydroxyl groups excluding tert-OH is 1. The largest absolute Gasteiger partial charge is 0.415 e. The summed E-state index contributed by atoms with van der Waals surface area (Å²) in [6, 6.07) is 2.63. The van der Waals surface area contributed by atoms with Gasteiger partial charge in [0.1, 0.15) is 10.7 Å². The third kappa shape index (κ3) is 4.04. The fourth-order valence-electron chi connectivity index (χ4n) is 1.11. The number of sulfonamides is 1. The van der Waals surface area contributed by atoms with Crippen molar-refractivity contribution in [2.24, 2.45) is 0 Å². The lowest BCUT2D eigenvalue weighted by Crippen LogP contribution is -2.40. The van der Waals surface area contributed by atoms with Gasteiger partial charge in [0, 0.05) is 12.2 Å². The number of anilines is 1. The van der Waals surface area contributed by atoms with Crippen molar-refractivity contribution in [2.75, 3.05) is 12.3 Å². The van der Waals surface area contributed by atoms with Crippen LogP contribution in [0.3, 0.4) is 0 Å². The van der Waals surface area contributed by atoms with Gasteiger partial charge in [0.15, 0.2) is 6.10 Å². The number of benzene rings is 1. The molecular formula is C9H10F4N2O3S. The Morgan fingerprint density at radius 2 is 1.95 bits per heavy atom. The Hall–Kier alpha value is -1.39. The van der Waals surface area contributed by atoms with Gasteiger partial charge in [0.05, 0.1) is 0 Å². The van der Waals surface area contributed by atoms with Crippen molar-refractivity contribution in [3.63, 3.8) is 0 Å². The van der Waals surface area contributed by atoms with Crippen LogP contribution in [0.4, 0.5) is 23.2 Å². The maximum Gasteiger partial charge on any atom is 0.415 e. The van der Waals surface area contributed by atoms with E-state index in [0.29, 0.717) is 0 Å². The number of nitrogens with two attached hydrogens (primary N) is 1. The second kappa shape index (κ2) is 5.31. The number of aliphatic hydroxyl groups is 1. The van der Waals surface area contributed by atoms with Crippen LogP contribution in [0.25, 0.3) is 0 Å². The Kier molecular flexibility index (Phi) is 4.38. The zero-order chi connectivity index (χ0) is 14.8. The van der Waals surface area contributed by atoms with Crippen LogP contribution in [-0.4, -0.2) is 32.3 Å². The Labute approximate surface area is 106 Å². The molecule has 0 aliphatic rings.